The van der Waals surface area contributed by atoms with E-state index < -0.39 is 0 Å². The minimum atomic E-state index is -0.329. The molecule has 138 valence electrons. The summed E-state index contributed by atoms with van der Waals surface area (Å²) in [4.78, 5) is 37.7. The van der Waals surface area contributed by atoms with Gasteiger partial charge >= 0.3 is 0 Å². The molecule has 0 saturated heterocycles. The Morgan fingerprint density at radius 1 is 1.08 bits per heavy atom. The second-order valence-electron chi connectivity index (χ2n) is 6.46. The lowest BCUT2D eigenvalue weighted by atomic mass is 10.1. The van der Waals surface area contributed by atoms with Crippen LogP contribution in [0.3, 0.4) is 0 Å². The van der Waals surface area contributed by atoms with Crippen LogP contribution in [0.4, 0.5) is 5.69 Å². The van der Waals surface area contributed by atoms with E-state index in [2.05, 4.69) is 10.6 Å². The fraction of sp³-hybridized carbons (Fsp3) is 0.526. The van der Waals surface area contributed by atoms with Crippen LogP contribution in [0.15, 0.2) is 24.3 Å². The maximum atomic E-state index is 12.2. The van der Waals surface area contributed by atoms with Crippen LogP contribution in [-0.4, -0.2) is 42.3 Å². The molecule has 0 fully saturated rings. The third kappa shape index (κ3) is 7.83. The van der Waals surface area contributed by atoms with Crippen LogP contribution < -0.4 is 10.6 Å². The van der Waals surface area contributed by atoms with Gasteiger partial charge in [0, 0.05) is 18.2 Å². The third-order valence-electron chi connectivity index (χ3n) is 3.70. The molecule has 0 heterocycles. The molecule has 0 spiro atoms. The molecule has 0 saturated carbocycles. The number of rotatable bonds is 9. The van der Waals surface area contributed by atoms with Gasteiger partial charge in [0.1, 0.15) is 0 Å². The van der Waals surface area contributed by atoms with Crippen LogP contribution >= 0.6 is 0 Å². The lowest BCUT2D eigenvalue weighted by Gasteiger charge is -2.23. The van der Waals surface area contributed by atoms with Crippen molar-refractivity contribution in [2.75, 3.05) is 25.0 Å². The second-order valence-corrected chi connectivity index (χ2v) is 6.46. The summed E-state index contributed by atoms with van der Waals surface area (Å²) in [6.45, 7) is 8.04. The Morgan fingerprint density at radius 2 is 1.72 bits per heavy atom. The highest BCUT2D eigenvalue weighted by Gasteiger charge is 2.19. The first kappa shape index (κ1) is 20.7. The number of hydrogen-bond acceptors (Lipinski definition) is 3. The molecular formula is C19H29N3O3. The third-order valence-corrected chi connectivity index (χ3v) is 3.70. The zero-order valence-corrected chi connectivity index (χ0v) is 15.6. The molecular weight excluding hydrogens is 318 g/mol. The van der Waals surface area contributed by atoms with Gasteiger partial charge in [-0.3, -0.25) is 14.4 Å². The molecule has 0 aromatic heterocycles. The van der Waals surface area contributed by atoms with Gasteiger partial charge in [0.15, 0.2) is 0 Å². The second kappa shape index (κ2) is 10.5. The van der Waals surface area contributed by atoms with Crippen LogP contribution in [0.1, 0.15) is 39.2 Å². The van der Waals surface area contributed by atoms with Gasteiger partial charge < -0.3 is 15.5 Å². The average molecular weight is 347 g/mol. The fourth-order valence-corrected chi connectivity index (χ4v) is 2.23. The first-order valence-corrected chi connectivity index (χ1v) is 8.75. The molecule has 0 atom stereocenters. The van der Waals surface area contributed by atoms with Crippen LogP contribution in [0.5, 0.6) is 0 Å². The summed E-state index contributed by atoms with van der Waals surface area (Å²) < 4.78 is 0. The molecule has 0 aliphatic heterocycles. The van der Waals surface area contributed by atoms with Crippen molar-refractivity contribution in [3.8, 4) is 0 Å². The molecule has 0 aliphatic rings. The van der Waals surface area contributed by atoms with E-state index in [4.69, 9.17) is 0 Å². The monoisotopic (exact) mass is 347 g/mol. The zero-order chi connectivity index (χ0) is 18.8. The number of unbranched alkanes of at least 4 members (excludes halogenated alkanes) is 1. The predicted molar refractivity (Wildman–Crippen MR) is 99.1 cm³/mol. The van der Waals surface area contributed by atoms with Gasteiger partial charge in [-0.1, -0.05) is 44.9 Å². The average Bonchev–Trinajstić information content (AvgIpc) is 2.58. The number of carbonyl (C=O) groups is 3. The molecule has 0 bridgehead atoms. The van der Waals surface area contributed by atoms with Crippen molar-refractivity contribution in [1.29, 1.82) is 0 Å². The topological polar surface area (TPSA) is 78.5 Å². The maximum Gasteiger partial charge on any atom is 0.243 e. The predicted octanol–water partition coefficient (Wildman–Crippen LogP) is 2.33. The van der Waals surface area contributed by atoms with Crippen molar-refractivity contribution in [3.05, 3.63) is 29.8 Å². The van der Waals surface area contributed by atoms with Crippen molar-refractivity contribution in [2.24, 2.45) is 5.92 Å². The van der Waals surface area contributed by atoms with Crippen LogP contribution in [0.2, 0.25) is 0 Å². The smallest absolute Gasteiger partial charge is 0.243 e. The van der Waals surface area contributed by atoms with Gasteiger partial charge in [-0.25, -0.2) is 0 Å². The molecule has 6 nitrogen and oxygen atoms in total. The van der Waals surface area contributed by atoms with Gasteiger partial charge in [0.25, 0.3) is 0 Å². The molecule has 2 N–H and O–H groups in total. The van der Waals surface area contributed by atoms with E-state index >= 15 is 0 Å². The van der Waals surface area contributed by atoms with E-state index in [1.807, 2.05) is 52.0 Å². The summed E-state index contributed by atoms with van der Waals surface area (Å²) in [5, 5.41) is 5.29. The minimum absolute atomic E-state index is 0.0190. The first-order valence-electron chi connectivity index (χ1n) is 8.75. The normalized spacial score (nSPS) is 10.4. The van der Waals surface area contributed by atoms with Crippen molar-refractivity contribution < 1.29 is 14.4 Å². The van der Waals surface area contributed by atoms with Crippen LogP contribution in [0.25, 0.3) is 0 Å². The molecule has 1 rings (SSSR count). The summed E-state index contributed by atoms with van der Waals surface area (Å²) in [5.74, 6) is -0.834. The summed E-state index contributed by atoms with van der Waals surface area (Å²) in [5.41, 5.74) is 1.79. The van der Waals surface area contributed by atoms with Crippen molar-refractivity contribution in [1.82, 2.24) is 10.2 Å². The van der Waals surface area contributed by atoms with E-state index in [9.17, 15) is 14.4 Å². The van der Waals surface area contributed by atoms with Crippen molar-refractivity contribution in [2.45, 2.75) is 40.5 Å². The van der Waals surface area contributed by atoms with Gasteiger partial charge in [-0.05, 0) is 25.5 Å². The van der Waals surface area contributed by atoms with Gasteiger partial charge in [0.05, 0.1) is 13.1 Å². The quantitative estimate of drug-likeness (QED) is 0.720. The van der Waals surface area contributed by atoms with E-state index in [0.29, 0.717) is 12.2 Å². The maximum absolute atomic E-state index is 12.2. The highest BCUT2D eigenvalue weighted by molar-refractivity contribution is 5.95. The molecule has 3 amide bonds. The molecule has 6 heteroatoms. The Kier molecular flexibility index (Phi) is 8.67. The van der Waals surface area contributed by atoms with Gasteiger partial charge in [-0.2, -0.15) is 0 Å². The lowest BCUT2D eigenvalue weighted by Crippen LogP contribution is -2.44. The number of amides is 3. The van der Waals surface area contributed by atoms with Crippen molar-refractivity contribution >= 4 is 23.4 Å². The highest BCUT2D eigenvalue weighted by atomic mass is 16.2. The molecule has 25 heavy (non-hydrogen) atoms. The molecule has 1 aromatic rings. The Morgan fingerprint density at radius 3 is 2.28 bits per heavy atom. The lowest BCUT2D eigenvalue weighted by molar-refractivity contribution is -0.138. The standard InChI is InChI=1S/C19H29N3O3/c1-5-6-11-22(19(25)14(2)3)13-18(24)20-12-17(23)21-16-9-7-15(4)8-10-16/h7-10,14H,5-6,11-13H2,1-4H3,(H,20,24)(H,21,23). The largest absolute Gasteiger partial charge is 0.345 e. The number of nitrogens with zero attached hydrogens (tertiary/aromatic N) is 1. The number of nitrogens with one attached hydrogen (secondary N) is 2. The number of carbonyl (C=O) groups excluding carboxylic acids is 3. The number of anilines is 1. The Hall–Kier alpha value is -2.37. The molecule has 0 aliphatic carbocycles. The van der Waals surface area contributed by atoms with Gasteiger partial charge in [0.2, 0.25) is 17.7 Å². The summed E-state index contributed by atoms with van der Waals surface area (Å²) in [7, 11) is 0. The minimum Gasteiger partial charge on any atom is -0.345 e. The van der Waals surface area contributed by atoms with E-state index in [1.54, 1.807) is 4.90 Å². The van der Waals surface area contributed by atoms with E-state index in [-0.39, 0.29) is 36.7 Å². The van der Waals surface area contributed by atoms with E-state index in [0.717, 1.165) is 18.4 Å². The van der Waals surface area contributed by atoms with E-state index in [1.165, 1.54) is 0 Å². The van der Waals surface area contributed by atoms with Gasteiger partial charge in [-0.15, -0.1) is 0 Å². The summed E-state index contributed by atoms with van der Waals surface area (Å²) in [6, 6.07) is 7.42. The van der Waals surface area contributed by atoms with Crippen LogP contribution in [0, 0.1) is 12.8 Å². The molecule has 0 unspecified atom stereocenters. The summed E-state index contributed by atoms with van der Waals surface area (Å²) in [6.07, 6.45) is 1.79. The SMILES string of the molecule is CCCCN(CC(=O)NCC(=O)Nc1ccc(C)cc1)C(=O)C(C)C. The Bertz CT molecular complexity index is 582. The first-order chi connectivity index (χ1) is 11.8. The number of benzene rings is 1. The highest BCUT2D eigenvalue weighted by Crippen LogP contribution is 2.08. The number of aryl methyl sites for hydroxylation is 1. The molecule has 0 radical (unpaired) electrons. The summed E-state index contributed by atoms with van der Waals surface area (Å²) >= 11 is 0. The van der Waals surface area contributed by atoms with Crippen LogP contribution in [-0.2, 0) is 14.4 Å². The van der Waals surface area contributed by atoms with Crippen molar-refractivity contribution in [3.63, 3.8) is 0 Å². The zero-order valence-electron chi connectivity index (χ0n) is 15.6. The number of hydrogen-bond donors (Lipinski definition) is 2. The molecule has 1 aromatic carbocycles. The Balaban J connectivity index is 2.46. The Labute approximate surface area is 150 Å². The fourth-order valence-electron chi connectivity index (χ4n) is 2.23.